The molecular formula is C15H15N5O3. The van der Waals surface area contributed by atoms with Crippen LogP contribution in [0.25, 0.3) is 5.57 Å². The van der Waals surface area contributed by atoms with Gasteiger partial charge in [-0.25, -0.2) is 4.68 Å². The number of amides is 1. The van der Waals surface area contributed by atoms with Gasteiger partial charge in [-0.15, -0.1) is 5.10 Å². The first-order chi connectivity index (χ1) is 11.1. The first-order valence-electron chi connectivity index (χ1n) is 7.13. The van der Waals surface area contributed by atoms with Crippen LogP contribution >= 0.6 is 0 Å². The smallest absolute Gasteiger partial charge is 0.245 e. The van der Waals surface area contributed by atoms with Crippen molar-refractivity contribution in [1.29, 1.82) is 0 Å². The zero-order valence-electron chi connectivity index (χ0n) is 12.8. The fraction of sp³-hybridized carbons (Fsp3) is 0.333. The largest absolute Gasteiger partial charge is 0.493 e. The number of ether oxygens (including phenoxy) is 2. The van der Waals surface area contributed by atoms with E-state index in [-0.39, 0.29) is 18.5 Å². The van der Waals surface area contributed by atoms with Gasteiger partial charge >= 0.3 is 0 Å². The van der Waals surface area contributed by atoms with Crippen molar-refractivity contribution in [1.82, 2.24) is 25.1 Å². The number of carbonyl (C=O) groups excluding carboxylic acids is 1. The normalized spacial score (nSPS) is 19.0. The molecule has 0 bridgehead atoms. The maximum absolute atomic E-state index is 12.4. The van der Waals surface area contributed by atoms with E-state index >= 15 is 0 Å². The van der Waals surface area contributed by atoms with Crippen molar-refractivity contribution in [3.63, 3.8) is 0 Å². The van der Waals surface area contributed by atoms with Crippen LogP contribution in [-0.2, 0) is 11.3 Å². The third-order valence-electron chi connectivity index (χ3n) is 4.31. The van der Waals surface area contributed by atoms with E-state index in [1.54, 1.807) is 19.1 Å². The van der Waals surface area contributed by atoms with Crippen LogP contribution < -0.4 is 9.47 Å². The highest BCUT2D eigenvalue weighted by atomic mass is 16.5. The number of aromatic nitrogens is 4. The highest BCUT2D eigenvalue weighted by Crippen LogP contribution is 2.44. The first-order valence-corrected chi connectivity index (χ1v) is 7.13. The molecule has 23 heavy (non-hydrogen) atoms. The van der Waals surface area contributed by atoms with Crippen molar-refractivity contribution >= 4 is 11.5 Å². The first kappa shape index (κ1) is 13.7. The lowest BCUT2D eigenvalue weighted by Crippen LogP contribution is -2.46. The maximum Gasteiger partial charge on any atom is 0.245 e. The van der Waals surface area contributed by atoms with Crippen molar-refractivity contribution in [3.05, 3.63) is 35.7 Å². The van der Waals surface area contributed by atoms with Crippen LogP contribution in [0.2, 0.25) is 0 Å². The summed E-state index contributed by atoms with van der Waals surface area (Å²) in [6.45, 7) is 4.70. The van der Waals surface area contributed by atoms with Gasteiger partial charge in [-0.1, -0.05) is 6.58 Å². The van der Waals surface area contributed by atoms with E-state index in [2.05, 4.69) is 22.1 Å². The Hall–Kier alpha value is -2.90. The molecule has 4 rings (SSSR count). The van der Waals surface area contributed by atoms with Crippen LogP contribution in [0.1, 0.15) is 23.0 Å². The standard InChI is InChI=1S/C15H15N5O3/c1-8-6-19-13(21)7-20-15(16-17-18-20)14(19)10-5-12(23-3)11(22-2)4-9(8)10/h4-5,14H,1,6-7H2,2-3H3. The molecule has 1 atom stereocenters. The molecule has 2 aliphatic heterocycles. The van der Waals surface area contributed by atoms with Crippen LogP contribution in [-0.4, -0.2) is 51.8 Å². The fourth-order valence-corrected chi connectivity index (χ4v) is 3.23. The summed E-state index contributed by atoms with van der Waals surface area (Å²) in [5, 5.41) is 11.7. The van der Waals surface area contributed by atoms with Crippen molar-refractivity contribution < 1.29 is 14.3 Å². The van der Waals surface area contributed by atoms with E-state index in [0.29, 0.717) is 23.9 Å². The Balaban J connectivity index is 1.96. The SMILES string of the molecule is C=C1CN2C(=O)Cn3nnnc3C2c2cc(OC)c(OC)cc21. The molecule has 2 aromatic rings. The Bertz CT molecular complexity index is 829. The van der Waals surface area contributed by atoms with E-state index in [1.165, 1.54) is 4.68 Å². The van der Waals surface area contributed by atoms with E-state index in [4.69, 9.17) is 9.47 Å². The number of rotatable bonds is 2. The van der Waals surface area contributed by atoms with E-state index in [9.17, 15) is 4.79 Å². The minimum Gasteiger partial charge on any atom is -0.493 e. The Morgan fingerprint density at radius 3 is 2.70 bits per heavy atom. The summed E-state index contributed by atoms with van der Waals surface area (Å²) in [4.78, 5) is 14.2. The molecule has 0 fully saturated rings. The molecule has 8 heteroatoms. The summed E-state index contributed by atoms with van der Waals surface area (Å²) in [7, 11) is 3.17. The van der Waals surface area contributed by atoms with Gasteiger partial charge in [0.1, 0.15) is 12.6 Å². The van der Waals surface area contributed by atoms with Gasteiger partial charge in [-0.2, -0.15) is 0 Å². The lowest BCUT2D eigenvalue weighted by molar-refractivity contribution is -0.135. The van der Waals surface area contributed by atoms with E-state index < -0.39 is 0 Å². The third-order valence-corrected chi connectivity index (χ3v) is 4.31. The average Bonchev–Trinajstić information content (AvgIpc) is 3.01. The van der Waals surface area contributed by atoms with Crippen LogP contribution in [0.5, 0.6) is 11.5 Å². The molecule has 0 N–H and O–H groups in total. The van der Waals surface area contributed by atoms with Gasteiger partial charge in [-0.05, 0) is 39.3 Å². The lowest BCUT2D eigenvalue weighted by atomic mass is 9.88. The predicted octanol–water partition coefficient (Wildman–Crippen LogP) is 0.649. The van der Waals surface area contributed by atoms with Crippen LogP contribution in [0.3, 0.4) is 0 Å². The summed E-state index contributed by atoms with van der Waals surface area (Å²) in [6, 6.07) is 3.42. The van der Waals surface area contributed by atoms with Gasteiger partial charge < -0.3 is 14.4 Å². The summed E-state index contributed by atoms with van der Waals surface area (Å²) in [5.74, 6) is 1.84. The molecular weight excluding hydrogens is 298 g/mol. The zero-order valence-corrected chi connectivity index (χ0v) is 12.8. The maximum atomic E-state index is 12.4. The Labute approximate surface area is 132 Å². The molecule has 8 nitrogen and oxygen atoms in total. The van der Waals surface area contributed by atoms with Crippen LogP contribution in [0, 0.1) is 0 Å². The molecule has 0 spiro atoms. The van der Waals surface area contributed by atoms with E-state index in [1.807, 2.05) is 12.1 Å². The predicted molar refractivity (Wildman–Crippen MR) is 80.0 cm³/mol. The summed E-state index contributed by atoms with van der Waals surface area (Å²) >= 11 is 0. The molecule has 0 radical (unpaired) electrons. The van der Waals surface area contributed by atoms with Gasteiger partial charge in [-0.3, -0.25) is 4.79 Å². The molecule has 0 saturated carbocycles. The second-order valence-corrected chi connectivity index (χ2v) is 5.52. The quantitative estimate of drug-likeness (QED) is 0.809. The lowest BCUT2D eigenvalue weighted by Gasteiger charge is -2.40. The highest BCUT2D eigenvalue weighted by Gasteiger charge is 2.41. The van der Waals surface area contributed by atoms with E-state index in [0.717, 1.165) is 16.7 Å². The second-order valence-electron chi connectivity index (χ2n) is 5.52. The minimum absolute atomic E-state index is 0.0311. The number of nitrogens with zero attached hydrogens (tertiary/aromatic N) is 5. The average molecular weight is 313 g/mol. The van der Waals surface area contributed by atoms with Crippen molar-refractivity contribution in [2.45, 2.75) is 12.6 Å². The Morgan fingerprint density at radius 2 is 1.96 bits per heavy atom. The van der Waals surface area contributed by atoms with Crippen LogP contribution in [0.4, 0.5) is 0 Å². The monoisotopic (exact) mass is 313 g/mol. The fourth-order valence-electron chi connectivity index (χ4n) is 3.23. The molecule has 1 aromatic heterocycles. The van der Waals surface area contributed by atoms with Gasteiger partial charge in [0, 0.05) is 6.54 Å². The highest BCUT2D eigenvalue weighted by molar-refractivity contribution is 5.84. The van der Waals surface area contributed by atoms with Crippen molar-refractivity contribution in [2.24, 2.45) is 0 Å². The molecule has 1 amide bonds. The van der Waals surface area contributed by atoms with Gasteiger partial charge in [0.05, 0.1) is 14.2 Å². The molecule has 0 saturated heterocycles. The van der Waals surface area contributed by atoms with Crippen LogP contribution in [0.15, 0.2) is 18.7 Å². The molecule has 1 unspecified atom stereocenters. The molecule has 3 heterocycles. The van der Waals surface area contributed by atoms with Gasteiger partial charge in [0.15, 0.2) is 17.3 Å². The third kappa shape index (κ3) is 1.84. The number of fused-ring (bicyclic) bond motifs is 5. The second kappa shape index (κ2) is 4.80. The number of hydrogen-bond acceptors (Lipinski definition) is 6. The molecule has 1 aromatic carbocycles. The number of hydrogen-bond donors (Lipinski definition) is 0. The van der Waals surface area contributed by atoms with Gasteiger partial charge in [0.25, 0.3) is 0 Å². The topological polar surface area (TPSA) is 82.4 Å². The van der Waals surface area contributed by atoms with Gasteiger partial charge in [0.2, 0.25) is 5.91 Å². The number of benzene rings is 1. The van der Waals surface area contributed by atoms with Crippen molar-refractivity contribution in [2.75, 3.05) is 20.8 Å². The summed E-state index contributed by atoms with van der Waals surface area (Å²) in [5.41, 5.74) is 2.68. The number of carbonyl (C=O) groups is 1. The molecule has 2 aliphatic rings. The Kier molecular flexibility index (Phi) is 2.87. The summed E-state index contributed by atoms with van der Waals surface area (Å²) in [6.07, 6.45) is 0. The van der Waals surface area contributed by atoms with Crippen molar-refractivity contribution in [3.8, 4) is 11.5 Å². The molecule has 118 valence electrons. The zero-order chi connectivity index (χ0) is 16.1. The Morgan fingerprint density at radius 1 is 1.22 bits per heavy atom. The minimum atomic E-state index is -0.341. The number of methoxy groups -OCH3 is 2. The summed E-state index contributed by atoms with van der Waals surface area (Å²) < 4.78 is 12.3. The number of tetrazole rings is 1. The molecule has 0 aliphatic carbocycles.